The molecule has 0 saturated carbocycles. The minimum absolute atomic E-state index is 0.561. The van der Waals surface area contributed by atoms with E-state index in [1.54, 1.807) is 18.3 Å². The number of ether oxygens (including phenoxy) is 1. The molecule has 3 heteroatoms. The van der Waals surface area contributed by atoms with Gasteiger partial charge in [0.05, 0.1) is 5.02 Å². The van der Waals surface area contributed by atoms with Gasteiger partial charge in [-0.25, -0.2) is 4.98 Å². The van der Waals surface area contributed by atoms with Gasteiger partial charge in [-0.3, -0.25) is 0 Å². The molecule has 2 aromatic rings. The molecule has 0 saturated heterocycles. The molecular formula is C14H14ClNO. The second-order valence-electron chi connectivity index (χ2n) is 4.07. The van der Waals surface area contributed by atoms with Crippen molar-refractivity contribution in [2.24, 2.45) is 0 Å². The summed E-state index contributed by atoms with van der Waals surface area (Å²) in [6.07, 6.45) is 1.58. The van der Waals surface area contributed by atoms with Gasteiger partial charge in [-0.1, -0.05) is 23.7 Å². The molecule has 1 heterocycles. The molecule has 0 spiro atoms. The highest BCUT2D eigenvalue weighted by molar-refractivity contribution is 6.30. The Morgan fingerprint density at radius 3 is 2.35 bits per heavy atom. The first-order valence-electron chi connectivity index (χ1n) is 5.44. The number of rotatable bonds is 2. The summed E-state index contributed by atoms with van der Waals surface area (Å²) in [5, 5.41) is 0.607. The second kappa shape index (κ2) is 4.76. The summed E-state index contributed by atoms with van der Waals surface area (Å²) in [5.74, 6) is 1.44. The number of halogens is 1. The average molecular weight is 248 g/mol. The number of hydrogen-bond acceptors (Lipinski definition) is 2. The molecule has 2 rings (SSSR count). The standard InChI is InChI=1S/C14H14ClNO/c1-9-4-5-10(2)14(11(9)3)17-13-7-6-12(15)8-16-13/h4-8H,1-3H3. The van der Waals surface area contributed by atoms with E-state index in [4.69, 9.17) is 16.3 Å². The van der Waals surface area contributed by atoms with Crippen molar-refractivity contribution in [3.8, 4) is 11.6 Å². The van der Waals surface area contributed by atoms with Crippen molar-refractivity contribution < 1.29 is 4.74 Å². The maximum atomic E-state index is 5.81. The number of hydrogen-bond donors (Lipinski definition) is 0. The first-order chi connectivity index (χ1) is 8.08. The summed E-state index contributed by atoms with van der Waals surface area (Å²) in [4.78, 5) is 4.13. The topological polar surface area (TPSA) is 22.1 Å². The summed E-state index contributed by atoms with van der Waals surface area (Å²) >= 11 is 5.78. The Kier molecular flexibility index (Phi) is 3.34. The minimum Gasteiger partial charge on any atom is -0.438 e. The lowest BCUT2D eigenvalue weighted by Crippen LogP contribution is -1.94. The maximum Gasteiger partial charge on any atom is 0.219 e. The first-order valence-corrected chi connectivity index (χ1v) is 5.82. The smallest absolute Gasteiger partial charge is 0.219 e. The van der Waals surface area contributed by atoms with Crippen LogP contribution in [0.15, 0.2) is 30.5 Å². The Morgan fingerprint density at radius 1 is 1.00 bits per heavy atom. The van der Waals surface area contributed by atoms with E-state index < -0.39 is 0 Å². The van der Waals surface area contributed by atoms with Crippen LogP contribution in [0.3, 0.4) is 0 Å². The fraction of sp³-hybridized carbons (Fsp3) is 0.214. The number of aromatic nitrogens is 1. The highest BCUT2D eigenvalue weighted by atomic mass is 35.5. The molecule has 88 valence electrons. The van der Waals surface area contributed by atoms with Gasteiger partial charge in [0.2, 0.25) is 5.88 Å². The largest absolute Gasteiger partial charge is 0.438 e. The lowest BCUT2D eigenvalue weighted by atomic mass is 10.1. The summed E-state index contributed by atoms with van der Waals surface area (Å²) in [6, 6.07) is 7.67. The zero-order chi connectivity index (χ0) is 12.4. The zero-order valence-corrected chi connectivity index (χ0v) is 10.9. The number of aryl methyl sites for hydroxylation is 2. The van der Waals surface area contributed by atoms with Crippen LogP contribution in [0.25, 0.3) is 0 Å². The SMILES string of the molecule is Cc1ccc(C)c(Oc2ccc(Cl)cn2)c1C. The fourth-order valence-corrected chi connectivity index (χ4v) is 1.72. The number of nitrogens with zero attached hydrogens (tertiary/aromatic N) is 1. The van der Waals surface area contributed by atoms with Crippen LogP contribution in [0.5, 0.6) is 11.6 Å². The van der Waals surface area contributed by atoms with E-state index in [9.17, 15) is 0 Å². The predicted molar refractivity (Wildman–Crippen MR) is 70.0 cm³/mol. The fourth-order valence-electron chi connectivity index (χ4n) is 1.61. The average Bonchev–Trinajstić information content (AvgIpc) is 2.32. The van der Waals surface area contributed by atoms with Crippen molar-refractivity contribution in [1.82, 2.24) is 4.98 Å². The van der Waals surface area contributed by atoms with E-state index in [-0.39, 0.29) is 0 Å². The van der Waals surface area contributed by atoms with Crippen LogP contribution in [-0.4, -0.2) is 4.98 Å². The third kappa shape index (κ3) is 2.59. The van der Waals surface area contributed by atoms with Crippen molar-refractivity contribution in [3.63, 3.8) is 0 Å². The maximum absolute atomic E-state index is 5.81. The van der Waals surface area contributed by atoms with Gasteiger partial charge in [0.1, 0.15) is 5.75 Å². The van der Waals surface area contributed by atoms with Crippen LogP contribution in [0, 0.1) is 20.8 Å². The van der Waals surface area contributed by atoms with E-state index in [1.807, 2.05) is 19.9 Å². The van der Waals surface area contributed by atoms with Crippen molar-refractivity contribution in [2.75, 3.05) is 0 Å². The van der Waals surface area contributed by atoms with Crippen LogP contribution >= 0.6 is 11.6 Å². The molecule has 0 aliphatic rings. The van der Waals surface area contributed by atoms with E-state index in [0.717, 1.165) is 16.9 Å². The Bertz CT molecular complexity index is 535. The van der Waals surface area contributed by atoms with Crippen LogP contribution in [0.4, 0.5) is 0 Å². The molecule has 0 bridgehead atoms. The first kappa shape index (κ1) is 11.9. The number of benzene rings is 1. The molecule has 0 aliphatic carbocycles. The van der Waals surface area contributed by atoms with Crippen LogP contribution in [0.1, 0.15) is 16.7 Å². The quantitative estimate of drug-likeness (QED) is 0.782. The van der Waals surface area contributed by atoms with E-state index in [0.29, 0.717) is 10.9 Å². The molecule has 1 aromatic carbocycles. The predicted octanol–water partition coefficient (Wildman–Crippen LogP) is 4.45. The van der Waals surface area contributed by atoms with Gasteiger partial charge in [0.15, 0.2) is 0 Å². The summed E-state index contributed by atoms with van der Waals surface area (Å²) < 4.78 is 5.81. The Balaban J connectivity index is 2.36. The molecule has 0 N–H and O–H groups in total. The van der Waals surface area contributed by atoms with Gasteiger partial charge >= 0.3 is 0 Å². The lowest BCUT2D eigenvalue weighted by molar-refractivity contribution is 0.455. The number of pyridine rings is 1. The summed E-state index contributed by atoms with van der Waals surface area (Å²) in [5.41, 5.74) is 3.45. The van der Waals surface area contributed by atoms with Crippen molar-refractivity contribution in [1.29, 1.82) is 0 Å². The molecule has 0 fully saturated rings. The van der Waals surface area contributed by atoms with Gasteiger partial charge in [0.25, 0.3) is 0 Å². The molecular weight excluding hydrogens is 234 g/mol. The molecule has 0 aliphatic heterocycles. The third-order valence-electron chi connectivity index (χ3n) is 2.78. The Morgan fingerprint density at radius 2 is 1.71 bits per heavy atom. The molecule has 17 heavy (non-hydrogen) atoms. The molecule has 0 atom stereocenters. The van der Waals surface area contributed by atoms with Gasteiger partial charge in [0, 0.05) is 12.3 Å². The molecule has 1 aromatic heterocycles. The minimum atomic E-state index is 0.561. The Hall–Kier alpha value is -1.54. The molecule has 0 amide bonds. The monoisotopic (exact) mass is 247 g/mol. The van der Waals surface area contributed by atoms with Crippen molar-refractivity contribution >= 4 is 11.6 Å². The molecule has 0 radical (unpaired) electrons. The summed E-state index contributed by atoms with van der Waals surface area (Å²) in [6.45, 7) is 6.14. The molecule has 2 nitrogen and oxygen atoms in total. The van der Waals surface area contributed by atoms with Gasteiger partial charge < -0.3 is 4.74 Å². The zero-order valence-electron chi connectivity index (χ0n) is 10.1. The summed E-state index contributed by atoms with van der Waals surface area (Å²) in [7, 11) is 0. The Labute approximate surface area is 106 Å². The van der Waals surface area contributed by atoms with Gasteiger partial charge in [-0.15, -0.1) is 0 Å². The van der Waals surface area contributed by atoms with E-state index >= 15 is 0 Å². The lowest BCUT2D eigenvalue weighted by Gasteiger charge is -2.12. The van der Waals surface area contributed by atoms with Crippen molar-refractivity contribution in [2.45, 2.75) is 20.8 Å². The highest BCUT2D eigenvalue weighted by Gasteiger charge is 2.08. The van der Waals surface area contributed by atoms with Crippen molar-refractivity contribution in [3.05, 3.63) is 52.2 Å². The van der Waals surface area contributed by atoms with Crippen LogP contribution in [-0.2, 0) is 0 Å². The molecule has 0 unspecified atom stereocenters. The van der Waals surface area contributed by atoms with Gasteiger partial charge in [-0.2, -0.15) is 0 Å². The van der Waals surface area contributed by atoms with E-state index in [1.165, 1.54) is 5.56 Å². The van der Waals surface area contributed by atoms with Crippen LogP contribution in [0.2, 0.25) is 5.02 Å². The van der Waals surface area contributed by atoms with Crippen LogP contribution < -0.4 is 4.74 Å². The highest BCUT2D eigenvalue weighted by Crippen LogP contribution is 2.29. The second-order valence-corrected chi connectivity index (χ2v) is 4.51. The van der Waals surface area contributed by atoms with Gasteiger partial charge in [-0.05, 0) is 43.5 Å². The van der Waals surface area contributed by atoms with E-state index in [2.05, 4.69) is 18.0 Å². The normalized spacial score (nSPS) is 10.4. The third-order valence-corrected chi connectivity index (χ3v) is 3.00.